The molecule has 1 saturated heterocycles. The Labute approximate surface area is 112 Å². The molecule has 2 rings (SSSR count). The number of nitro groups is 1. The summed E-state index contributed by atoms with van der Waals surface area (Å²) >= 11 is 0. The van der Waals surface area contributed by atoms with Crippen LogP contribution >= 0.6 is 0 Å². The normalized spacial score (nSPS) is 19.4. The summed E-state index contributed by atoms with van der Waals surface area (Å²) in [5.41, 5.74) is 0.803. The third-order valence-corrected chi connectivity index (χ3v) is 3.18. The topological polar surface area (TPSA) is 67.6 Å². The third kappa shape index (κ3) is 3.57. The lowest BCUT2D eigenvalue weighted by Gasteiger charge is -2.15. The van der Waals surface area contributed by atoms with Gasteiger partial charge >= 0.3 is 0 Å². The van der Waals surface area contributed by atoms with Gasteiger partial charge in [-0.15, -0.1) is 0 Å². The number of ether oxygens (including phenoxy) is 1. The van der Waals surface area contributed by atoms with Crippen LogP contribution in [0.3, 0.4) is 0 Å². The number of likely N-dealkylation sites (N-methyl/N-ethyl adjacent to an activating group) is 1. The van der Waals surface area contributed by atoms with Gasteiger partial charge in [-0.1, -0.05) is 0 Å². The van der Waals surface area contributed by atoms with Crippen LogP contribution in [0.4, 0.5) is 11.4 Å². The van der Waals surface area contributed by atoms with Gasteiger partial charge in [-0.3, -0.25) is 10.1 Å². The van der Waals surface area contributed by atoms with Gasteiger partial charge in [0, 0.05) is 30.4 Å². The van der Waals surface area contributed by atoms with E-state index in [0.717, 1.165) is 25.2 Å². The summed E-state index contributed by atoms with van der Waals surface area (Å²) < 4.78 is 5.37. The maximum atomic E-state index is 10.9. The van der Waals surface area contributed by atoms with E-state index in [4.69, 9.17) is 4.74 Å². The summed E-state index contributed by atoms with van der Waals surface area (Å²) in [5.74, 6) is 0.533. The number of anilines is 1. The van der Waals surface area contributed by atoms with Gasteiger partial charge < -0.3 is 15.0 Å². The number of nitrogens with zero attached hydrogens (tertiary/aromatic N) is 2. The smallest absolute Gasteiger partial charge is 0.275 e. The zero-order chi connectivity index (χ0) is 13.8. The number of nitro benzene ring substituents is 1. The van der Waals surface area contributed by atoms with Crippen molar-refractivity contribution in [3.05, 3.63) is 28.3 Å². The minimum atomic E-state index is -0.394. The average molecular weight is 265 g/mol. The van der Waals surface area contributed by atoms with Crippen molar-refractivity contribution in [2.24, 2.45) is 0 Å². The zero-order valence-electron chi connectivity index (χ0n) is 11.3. The second kappa shape index (κ2) is 5.88. The Hall–Kier alpha value is -1.82. The predicted molar refractivity (Wildman–Crippen MR) is 73.8 cm³/mol. The molecule has 6 nitrogen and oxygen atoms in total. The van der Waals surface area contributed by atoms with Gasteiger partial charge in [0.25, 0.3) is 5.69 Å². The van der Waals surface area contributed by atoms with E-state index in [1.165, 1.54) is 6.07 Å². The molecule has 0 bridgehead atoms. The summed E-state index contributed by atoms with van der Waals surface area (Å²) in [6.07, 6.45) is 1.04. The van der Waals surface area contributed by atoms with E-state index in [0.29, 0.717) is 18.4 Å². The Morgan fingerprint density at radius 2 is 2.32 bits per heavy atom. The van der Waals surface area contributed by atoms with Gasteiger partial charge in [0.05, 0.1) is 17.6 Å². The first-order chi connectivity index (χ1) is 9.08. The molecule has 1 fully saturated rings. The molecule has 1 atom stereocenters. The van der Waals surface area contributed by atoms with Crippen molar-refractivity contribution in [2.75, 3.05) is 32.1 Å². The highest BCUT2D eigenvalue weighted by Gasteiger charge is 2.20. The maximum absolute atomic E-state index is 10.9. The molecular formula is C13H19N3O3. The Balaban J connectivity index is 2.16. The molecule has 1 aromatic carbocycles. The first-order valence-electron chi connectivity index (χ1n) is 6.46. The molecule has 1 N–H and O–H groups in total. The van der Waals surface area contributed by atoms with Gasteiger partial charge in [0.15, 0.2) is 0 Å². The highest BCUT2D eigenvalue weighted by Crippen LogP contribution is 2.27. The SMILES string of the molecule is CCOc1cc(NC2CCN(C)C2)cc([N+](=O)[O-])c1. The monoisotopic (exact) mass is 265 g/mol. The average Bonchev–Trinajstić information content (AvgIpc) is 2.75. The van der Waals surface area contributed by atoms with Crippen LogP contribution in [0.25, 0.3) is 0 Å². The predicted octanol–water partition coefficient (Wildman–Crippen LogP) is 2.11. The van der Waals surface area contributed by atoms with Crippen LogP contribution in [-0.4, -0.2) is 42.6 Å². The molecule has 0 radical (unpaired) electrons. The fourth-order valence-corrected chi connectivity index (χ4v) is 2.31. The highest BCUT2D eigenvalue weighted by atomic mass is 16.6. The molecular weight excluding hydrogens is 246 g/mol. The first-order valence-corrected chi connectivity index (χ1v) is 6.46. The van der Waals surface area contributed by atoms with Crippen molar-refractivity contribution >= 4 is 11.4 Å². The van der Waals surface area contributed by atoms with Crippen LogP contribution in [0.2, 0.25) is 0 Å². The van der Waals surface area contributed by atoms with Gasteiger partial charge in [-0.2, -0.15) is 0 Å². The number of non-ortho nitro benzene ring substituents is 1. The first kappa shape index (κ1) is 13.6. The molecule has 0 spiro atoms. The summed E-state index contributed by atoms with van der Waals surface area (Å²) in [7, 11) is 2.07. The summed E-state index contributed by atoms with van der Waals surface area (Å²) in [6.45, 7) is 4.35. The number of nitrogens with one attached hydrogen (secondary N) is 1. The quantitative estimate of drug-likeness (QED) is 0.652. The van der Waals surface area contributed by atoms with Crippen molar-refractivity contribution < 1.29 is 9.66 Å². The Kier molecular flexibility index (Phi) is 4.21. The number of likely N-dealkylation sites (tertiary alicyclic amines) is 1. The third-order valence-electron chi connectivity index (χ3n) is 3.18. The van der Waals surface area contributed by atoms with Crippen LogP contribution in [0, 0.1) is 10.1 Å². The van der Waals surface area contributed by atoms with E-state index in [2.05, 4.69) is 17.3 Å². The number of benzene rings is 1. The standard InChI is InChI=1S/C13H19N3O3/c1-3-19-13-7-11(6-12(8-13)16(17)18)14-10-4-5-15(2)9-10/h6-8,10,14H,3-5,9H2,1-2H3. The van der Waals surface area contributed by atoms with Gasteiger partial charge in [-0.05, 0) is 26.9 Å². The Morgan fingerprint density at radius 3 is 2.89 bits per heavy atom. The lowest BCUT2D eigenvalue weighted by atomic mass is 10.2. The Morgan fingerprint density at radius 1 is 1.53 bits per heavy atom. The Bertz CT molecular complexity index is 464. The fourth-order valence-electron chi connectivity index (χ4n) is 2.31. The van der Waals surface area contributed by atoms with Crippen LogP contribution in [0.5, 0.6) is 5.75 Å². The zero-order valence-corrected chi connectivity index (χ0v) is 11.3. The van der Waals surface area contributed by atoms with Gasteiger partial charge in [0.1, 0.15) is 5.75 Å². The lowest BCUT2D eigenvalue weighted by Crippen LogP contribution is -2.23. The summed E-state index contributed by atoms with van der Waals surface area (Å²) in [4.78, 5) is 12.8. The van der Waals surface area contributed by atoms with E-state index in [1.807, 2.05) is 13.0 Å². The minimum absolute atomic E-state index is 0.0554. The molecule has 1 heterocycles. The second-order valence-electron chi connectivity index (χ2n) is 4.80. The maximum Gasteiger partial charge on any atom is 0.275 e. The number of hydrogen-bond donors (Lipinski definition) is 1. The largest absolute Gasteiger partial charge is 0.494 e. The molecule has 19 heavy (non-hydrogen) atoms. The van der Waals surface area contributed by atoms with E-state index < -0.39 is 4.92 Å². The molecule has 104 valence electrons. The fraction of sp³-hybridized carbons (Fsp3) is 0.538. The van der Waals surface area contributed by atoms with Gasteiger partial charge in [-0.25, -0.2) is 0 Å². The molecule has 1 aliphatic heterocycles. The molecule has 0 aliphatic carbocycles. The van der Waals surface area contributed by atoms with Crippen molar-refractivity contribution in [3.8, 4) is 5.75 Å². The van der Waals surface area contributed by atoms with E-state index in [-0.39, 0.29) is 5.69 Å². The molecule has 0 saturated carbocycles. The molecule has 1 aromatic rings. The van der Waals surface area contributed by atoms with Crippen molar-refractivity contribution in [1.82, 2.24) is 4.90 Å². The number of hydrogen-bond acceptors (Lipinski definition) is 5. The van der Waals surface area contributed by atoms with Crippen LogP contribution in [0.1, 0.15) is 13.3 Å². The van der Waals surface area contributed by atoms with Crippen molar-refractivity contribution in [3.63, 3.8) is 0 Å². The van der Waals surface area contributed by atoms with E-state index >= 15 is 0 Å². The van der Waals surface area contributed by atoms with Crippen LogP contribution in [0.15, 0.2) is 18.2 Å². The summed E-state index contributed by atoms with van der Waals surface area (Å²) in [5, 5.41) is 14.3. The van der Waals surface area contributed by atoms with Crippen molar-refractivity contribution in [1.29, 1.82) is 0 Å². The highest BCUT2D eigenvalue weighted by molar-refractivity contribution is 5.57. The van der Waals surface area contributed by atoms with Gasteiger partial charge in [0.2, 0.25) is 0 Å². The van der Waals surface area contributed by atoms with Crippen LogP contribution in [-0.2, 0) is 0 Å². The summed E-state index contributed by atoms with van der Waals surface area (Å²) in [6, 6.07) is 5.16. The number of rotatable bonds is 5. The van der Waals surface area contributed by atoms with E-state index in [1.54, 1.807) is 6.07 Å². The molecule has 0 amide bonds. The molecule has 6 heteroatoms. The second-order valence-corrected chi connectivity index (χ2v) is 4.80. The molecule has 1 unspecified atom stereocenters. The molecule has 1 aliphatic rings. The minimum Gasteiger partial charge on any atom is -0.494 e. The molecule has 0 aromatic heterocycles. The van der Waals surface area contributed by atoms with Crippen LogP contribution < -0.4 is 10.1 Å². The lowest BCUT2D eigenvalue weighted by molar-refractivity contribution is -0.384. The van der Waals surface area contributed by atoms with E-state index in [9.17, 15) is 10.1 Å². The van der Waals surface area contributed by atoms with Crippen molar-refractivity contribution in [2.45, 2.75) is 19.4 Å².